The maximum Gasteiger partial charge on any atom is 0.259 e. The first-order chi connectivity index (χ1) is 10.2. The van der Waals surface area contributed by atoms with Crippen molar-refractivity contribution in [3.8, 4) is 0 Å². The van der Waals surface area contributed by atoms with Crippen molar-refractivity contribution in [3.63, 3.8) is 0 Å². The first kappa shape index (κ1) is 13.5. The van der Waals surface area contributed by atoms with Crippen LogP contribution in [-0.4, -0.2) is 10.9 Å². The molecule has 21 heavy (non-hydrogen) atoms. The van der Waals surface area contributed by atoms with E-state index in [1.54, 1.807) is 0 Å². The first-order valence-corrected chi connectivity index (χ1v) is 6.93. The maximum absolute atomic E-state index is 13.6. The van der Waals surface area contributed by atoms with Gasteiger partial charge in [0.1, 0.15) is 5.82 Å². The lowest BCUT2D eigenvalue weighted by Crippen LogP contribution is -2.18. The molecule has 0 saturated carbocycles. The molecule has 1 heterocycles. The van der Waals surface area contributed by atoms with Gasteiger partial charge in [0.25, 0.3) is 5.91 Å². The lowest BCUT2D eigenvalue weighted by atomic mass is 10.1. The number of thiazole rings is 1. The number of hydrogen-bond acceptors (Lipinski definition) is 5. The van der Waals surface area contributed by atoms with Crippen LogP contribution in [0.4, 0.5) is 15.2 Å². The minimum Gasteiger partial charge on any atom is -0.321 e. The van der Waals surface area contributed by atoms with Crippen molar-refractivity contribution in [2.45, 2.75) is 0 Å². The van der Waals surface area contributed by atoms with Crippen molar-refractivity contribution in [2.24, 2.45) is 5.84 Å². The molecule has 0 fully saturated rings. The first-order valence-electron chi connectivity index (χ1n) is 6.11. The van der Waals surface area contributed by atoms with Gasteiger partial charge in [0.05, 0.1) is 21.5 Å². The Balaban J connectivity index is 1.91. The number of para-hydroxylation sites is 2. The molecule has 0 bridgehead atoms. The zero-order valence-corrected chi connectivity index (χ0v) is 11.6. The number of aromatic nitrogens is 1. The number of hydrazine groups is 1. The molecule has 0 radical (unpaired) electrons. The third-order valence-electron chi connectivity index (χ3n) is 2.92. The number of nitrogens with zero attached hydrogens (tertiary/aromatic N) is 1. The second kappa shape index (κ2) is 5.47. The fraction of sp³-hybridized carbons (Fsp3) is 0. The van der Waals surface area contributed by atoms with E-state index in [1.165, 1.54) is 29.5 Å². The Hall–Kier alpha value is -2.51. The van der Waals surface area contributed by atoms with E-state index >= 15 is 0 Å². The van der Waals surface area contributed by atoms with Crippen LogP contribution in [0.25, 0.3) is 10.2 Å². The number of nitrogens with two attached hydrogens (primary N) is 1. The Labute approximate surface area is 123 Å². The number of nitrogen functional groups attached to an aromatic ring is 1. The topological polar surface area (TPSA) is 80.0 Å². The third kappa shape index (κ3) is 2.56. The van der Waals surface area contributed by atoms with Gasteiger partial charge in [-0.3, -0.25) is 16.0 Å². The summed E-state index contributed by atoms with van der Waals surface area (Å²) in [6, 6.07) is 11.7. The van der Waals surface area contributed by atoms with Crippen LogP contribution < -0.4 is 16.6 Å². The van der Waals surface area contributed by atoms with Gasteiger partial charge in [-0.1, -0.05) is 29.5 Å². The van der Waals surface area contributed by atoms with Gasteiger partial charge in [0.2, 0.25) is 0 Å². The summed E-state index contributed by atoms with van der Waals surface area (Å²) < 4.78 is 14.5. The molecule has 7 heteroatoms. The number of halogens is 1. The molecule has 106 valence electrons. The van der Waals surface area contributed by atoms with Crippen molar-refractivity contribution in [2.75, 3.05) is 10.7 Å². The molecule has 3 aromatic rings. The Morgan fingerprint density at radius 2 is 2.00 bits per heavy atom. The van der Waals surface area contributed by atoms with Crippen LogP contribution in [0, 0.1) is 5.82 Å². The normalized spacial score (nSPS) is 10.6. The molecule has 0 spiro atoms. The Bertz CT molecular complexity index is 785. The van der Waals surface area contributed by atoms with Crippen molar-refractivity contribution in [1.29, 1.82) is 0 Å². The van der Waals surface area contributed by atoms with E-state index in [0.29, 0.717) is 5.13 Å². The highest BCUT2D eigenvalue weighted by Crippen LogP contribution is 2.27. The van der Waals surface area contributed by atoms with Crippen LogP contribution in [0.3, 0.4) is 0 Å². The molecule has 1 amide bonds. The summed E-state index contributed by atoms with van der Waals surface area (Å²) in [5.41, 5.74) is 3.08. The lowest BCUT2D eigenvalue weighted by Gasteiger charge is -2.08. The Morgan fingerprint density at radius 3 is 2.76 bits per heavy atom. The van der Waals surface area contributed by atoms with Crippen molar-refractivity contribution >= 4 is 38.3 Å². The Kier molecular flexibility index (Phi) is 3.51. The van der Waals surface area contributed by atoms with E-state index in [-0.39, 0.29) is 11.3 Å². The van der Waals surface area contributed by atoms with E-state index in [1.807, 2.05) is 24.3 Å². The predicted molar refractivity (Wildman–Crippen MR) is 81.8 cm³/mol. The highest BCUT2D eigenvalue weighted by atomic mass is 32.1. The van der Waals surface area contributed by atoms with Crippen LogP contribution >= 0.6 is 11.3 Å². The predicted octanol–water partition coefficient (Wildman–Crippen LogP) is 2.97. The fourth-order valence-corrected chi connectivity index (χ4v) is 2.81. The minimum atomic E-state index is -0.588. The summed E-state index contributed by atoms with van der Waals surface area (Å²) in [5.74, 6) is 4.20. The number of fused-ring (bicyclic) bond motifs is 1. The highest BCUT2D eigenvalue weighted by Gasteiger charge is 2.16. The van der Waals surface area contributed by atoms with E-state index in [0.717, 1.165) is 10.2 Å². The van der Waals surface area contributed by atoms with Gasteiger partial charge in [-0.05, 0) is 24.3 Å². The molecule has 0 aliphatic heterocycles. The fourth-order valence-electron chi connectivity index (χ4n) is 1.95. The molecular weight excluding hydrogens is 291 g/mol. The number of benzene rings is 2. The van der Waals surface area contributed by atoms with Crippen LogP contribution in [0.1, 0.15) is 10.4 Å². The molecule has 0 unspecified atom stereocenters. The quantitative estimate of drug-likeness (QED) is 0.513. The van der Waals surface area contributed by atoms with Gasteiger partial charge in [-0.2, -0.15) is 0 Å². The molecule has 0 aliphatic rings. The van der Waals surface area contributed by atoms with Gasteiger partial charge >= 0.3 is 0 Å². The van der Waals surface area contributed by atoms with Crippen molar-refractivity contribution < 1.29 is 9.18 Å². The smallest absolute Gasteiger partial charge is 0.259 e. The summed E-state index contributed by atoms with van der Waals surface area (Å²) in [5, 5.41) is 3.11. The molecule has 5 nitrogen and oxygen atoms in total. The molecule has 0 saturated heterocycles. The van der Waals surface area contributed by atoms with Gasteiger partial charge in [-0.25, -0.2) is 9.37 Å². The average molecular weight is 302 g/mol. The zero-order chi connectivity index (χ0) is 14.8. The van der Waals surface area contributed by atoms with Crippen molar-refractivity contribution in [1.82, 2.24) is 4.98 Å². The molecule has 2 aromatic carbocycles. The van der Waals surface area contributed by atoms with Gasteiger partial charge in [0.15, 0.2) is 5.13 Å². The zero-order valence-electron chi connectivity index (χ0n) is 10.8. The monoisotopic (exact) mass is 302 g/mol. The Morgan fingerprint density at radius 1 is 1.19 bits per heavy atom. The number of anilines is 2. The SMILES string of the molecule is NNc1c(F)cccc1C(=O)Nc1nc2ccccc2s1. The van der Waals surface area contributed by atoms with E-state index in [9.17, 15) is 9.18 Å². The minimum absolute atomic E-state index is 0.0453. The average Bonchev–Trinajstić information content (AvgIpc) is 2.89. The van der Waals surface area contributed by atoms with Gasteiger partial charge in [-0.15, -0.1) is 0 Å². The number of amides is 1. The highest BCUT2D eigenvalue weighted by molar-refractivity contribution is 7.22. The number of carbonyl (C=O) groups excluding carboxylic acids is 1. The van der Waals surface area contributed by atoms with E-state index in [4.69, 9.17) is 5.84 Å². The second-order valence-electron chi connectivity index (χ2n) is 4.25. The van der Waals surface area contributed by atoms with Gasteiger partial charge < -0.3 is 5.43 Å². The van der Waals surface area contributed by atoms with Crippen molar-refractivity contribution in [3.05, 3.63) is 53.8 Å². The van der Waals surface area contributed by atoms with Crippen LogP contribution in [0.5, 0.6) is 0 Å². The maximum atomic E-state index is 13.6. The number of hydrogen-bond donors (Lipinski definition) is 3. The largest absolute Gasteiger partial charge is 0.321 e. The second-order valence-corrected chi connectivity index (χ2v) is 5.28. The summed E-state index contributed by atoms with van der Waals surface area (Å²) in [7, 11) is 0. The standard InChI is InChI=1S/C14H11FN4OS/c15-9-5-3-4-8(12(9)19-16)13(20)18-14-17-10-6-1-2-7-11(10)21-14/h1-7,19H,16H2,(H,17,18,20). The van der Waals surface area contributed by atoms with Crippen LogP contribution in [-0.2, 0) is 0 Å². The molecule has 0 aliphatic carbocycles. The molecule has 4 N–H and O–H groups in total. The van der Waals surface area contributed by atoms with Gasteiger partial charge in [0, 0.05) is 0 Å². The summed E-state index contributed by atoms with van der Waals surface area (Å²) in [6.45, 7) is 0. The molecule has 0 atom stereocenters. The molecular formula is C14H11FN4OS. The van der Waals surface area contributed by atoms with E-state index < -0.39 is 11.7 Å². The lowest BCUT2D eigenvalue weighted by molar-refractivity contribution is 0.102. The van der Waals surface area contributed by atoms with E-state index in [2.05, 4.69) is 15.7 Å². The summed E-state index contributed by atoms with van der Waals surface area (Å²) >= 11 is 1.35. The molecule has 3 rings (SSSR count). The van der Waals surface area contributed by atoms with Crippen LogP contribution in [0.2, 0.25) is 0 Å². The third-order valence-corrected chi connectivity index (χ3v) is 3.87. The number of carbonyl (C=O) groups is 1. The molecule has 1 aromatic heterocycles. The number of rotatable bonds is 3. The summed E-state index contributed by atoms with van der Waals surface area (Å²) in [6.07, 6.45) is 0. The van der Waals surface area contributed by atoms with Crippen LogP contribution in [0.15, 0.2) is 42.5 Å². The number of nitrogens with one attached hydrogen (secondary N) is 2. The summed E-state index contributed by atoms with van der Waals surface area (Å²) in [4.78, 5) is 16.5.